The topological polar surface area (TPSA) is 9.23 Å². The normalized spacial score (nSPS) is 13.6. The van der Waals surface area contributed by atoms with Crippen LogP contribution in [0.5, 0.6) is 5.75 Å². The molecule has 0 saturated heterocycles. The molecule has 0 aromatic heterocycles. The largest absolute Gasteiger partial charge is 0.494 e. The minimum absolute atomic E-state index is 0.107. The zero-order chi connectivity index (χ0) is 16.0. The lowest BCUT2D eigenvalue weighted by Crippen LogP contribution is -1.98. The summed E-state index contributed by atoms with van der Waals surface area (Å²) in [7, 11) is 1.27. The number of hydrogen-bond donors (Lipinski definition) is 0. The fourth-order valence-corrected chi connectivity index (χ4v) is 1.87. The van der Waals surface area contributed by atoms with E-state index >= 15 is 0 Å². The number of benzene rings is 1. The Hall–Kier alpha value is -1.97. The van der Waals surface area contributed by atoms with Gasteiger partial charge in [0.15, 0.2) is 11.6 Å². The van der Waals surface area contributed by atoms with E-state index in [9.17, 15) is 13.2 Å². The Kier molecular flexibility index (Phi) is 6.28. The van der Waals surface area contributed by atoms with Crippen molar-refractivity contribution >= 4 is 5.57 Å². The van der Waals surface area contributed by atoms with Gasteiger partial charge in [-0.3, -0.25) is 0 Å². The van der Waals surface area contributed by atoms with Crippen molar-refractivity contribution in [2.45, 2.75) is 27.2 Å². The molecule has 4 heteroatoms. The number of rotatable bonds is 5. The van der Waals surface area contributed by atoms with Gasteiger partial charge in [0.25, 0.3) is 0 Å². The first-order valence-corrected chi connectivity index (χ1v) is 6.65. The van der Waals surface area contributed by atoms with E-state index in [1.54, 1.807) is 6.08 Å². The van der Waals surface area contributed by atoms with Crippen molar-refractivity contribution in [3.05, 3.63) is 59.0 Å². The van der Waals surface area contributed by atoms with Crippen LogP contribution in [-0.2, 0) is 0 Å². The fraction of sp³-hybridized carbons (Fsp3) is 0.294. The van der Waals surface area contributed by atoms with E-state index in [1.807, 2.05) is 19.9 Å². The predicted octanol–water partition coefficient (Wildman–Crippen LogP) is 5.59. The van der Waals surface area contributed by atoms with Crippen LogP contribution in [0.15, 0.2) is 41.8 Å². The highest BCUT2D eigenvalue weighted by molar-refractivity contribution is 5.69. The summed E-state index contributed by atoms with van der Waals surface area (Å²) in [4.78, 5) is 0. The second-order valence-corrected chi connectivity index (χ2v) is 4.60. The molecule has 1 nitrogen and oxygen atoms in total. The molecule has 0 radical (unpaired) electrons. The highest BCUT2D eigenvalue weighted by Gasteiger charge is 2.17. The van der Waals surface area contributed by atoms with E-state index in [2.05, 4.69) is 0 Å². The minimum Gasteiger partial charge on any atom is -0.494 e. The van der Waals surface area contributed by atoms with Crippen LogP contribution in [0.2, 0.25) is 0 Å². The Morgan fingerprint density at radius 2 is 1.86 bits per heavy atom. The van der Waals surface area contributed by atoms with Crippen molar-refractivity contribution in [3.8, 4) is 5.75 Å². The van der Waals surface area contributed by atoms with Crippen molar-refractivity contribution < 1.29 is 17.9 Å². The number of halogens is 3. The molecule has 114 valence electrons. The monoisotopic (exact) mass is 296 g/mol. The zero-order valence-electron chi connectivity index (χ0n) is 12.6. The van der Waals surface area contributed by atoms with Gasteiger partial charge in [-0.15, -0.1) is 0 Å². The molecule has 0 heterocycles. The Morgan fingerprint density at radius 1 is 1.19 bits per heavy atom. The molecule has 0 atom stereocenters. The van der Waals surface area contributed by atoms with E-state index < -0.39 is 23.0 Å². The van der Waals surface area contributed by atoms with Crippen molar-refractivity contribution in [1.29, 1.82) is 0 Å². The van der Waals surface area contributed by atoms with E-state index in [0.717, 1.165) is 18.1 Å². The third-order valence-electron chi connectivity index (χ3n) is 3.03. The Balaban J connectivity index is 3.26. The van der Waals surface area contributed by atoms with Crippen LogP contribution >= 0.6 is 0 Å². The minimum atomic E-state index is -0.903. The molecule has 0 saturated carbocycles. The first kappa shape index (κ1) is 17.1. The van der Waals surface area contributed by atoms with Crippen LogP contribution in [0.3, 0.4) is 0 Å². The maximum atomic E-state index is 14.1. The molecule has 0 bridgehead atoms. The van der Waals surface area contributed by atoms with Crippen molar-refractivity contribution in [2.24, 2.45) is 0 Å². The molecule has 0 aliphatic rings. The fourth-order valence-electron chi connectivity index (χ4n) is 1.87. The van der Waals surface area contributed by atoms with Gasteiger partial charge in [-0.05, 0) is 44.1 Å². The summed E-state index contributed by atoms with van der Waals surface area (Å²) in [5.74, 6) is -2.54. The van der Waals surface area contributed by atoms with E-state index in [-0.39, 0.29) is 11.3 Å². The molecule has 1 aromatic rings. The van der Waals surface area contributed by atoms with Crippen molar-refractivity contribution in [1.82, 2.24) is 0 Å². The molecule has 0 amide bonds. The maximum Gasteiger partial charge on any atom is 0.175 e. The molecule has 0 N–H and O–H groups in total. The zero-order valence-corrected chi connectivity index (χ0v) is 12.6. The van der Waals surface area contributed by atoms with Gasteiger partial charge in [-0.2, -0.15) is 0 Å². The summed E-state index contributed by atoms with van der Waals surface area (Å²) in [6.07, 6.45) is 5.53. The molecule has 1 rings (SSSR count). The summed E-state index contributed by atoms with van der Waals surface area (Å²) in [5.41, 5.74) is 0.366. The number of hydrogen-bond acceptors (Lipinski definition) is 1. The lowest BCUT2D eigenvalue weighted by molar-refractivity contribution is 0.383. The molecule has 0 aliphatic carbocycles. The molecular formula is C17H19F3O. The van der Waals surface area contributed by atoms with Gasteiger partial charge in [-0.25, -0.2) is 13.2 Å². The van der Waals surface area contributed by atoms with Crippen LogP contribution < -0.4 is 4.74 Å². The summed E-state index contributed by atoms with van der Waals surface area (Å²) in [6.45, 7) is 5.13. The Bertz CT molecular complexity index is 598. The summed E-state index contributed by atoms with van der Waals surface area (Å²) < 4.78 is 46.7. The average Bonchev–Trinajstić information content (AvgIpc) is 2.45. The molecule has 0 aliphatic heterocycles. The van der Waals surface area contributed by atoms with Gasteiger partial charge in [0.2, 0.25) is 0 Å². The molecule has 0 spiro atoms. The van der Waals surface area contributed by atoms with E-state index in [1.165, 1.54) is 26.2 Å². The third kappa shape index (κ3) is 4.25. The SMILES string of the molecule is CCC=C(C)C=CC(F)=C(C)c1c(F)ccc(OC)c1F. The highest BCUT2D eigenvalue weighted by atomic mass is 19.1. The number of ether oxygens (including phenoxy) is 1. The Labute approximate surface area is 123 Å². The van der Waals surface area contributed by atoms with Crippen LogP contribution in [0.4, 0.5) is 13.2 Å². The standard InChI is InChI=1S/C17H19F3O/c1-5-6-11(2)7-8-13(18)12(3)16-14(19)9-10-15(21-4)17(16)20/h6-10H,5H2,1-4H3. The molecule has 0 fully saturated rings. The maximum absolute atomic E-state index is 14.1. The third-order valence-corrected chi connectivity index (χ3v) is 3.03. The quantitative estimate of drug-likeness (QED) is 0.644. The van der Waals surface area contributed by atoms with Crippen molar-refractivity contribution in [3.63, 3.8) is 0 Å². The molecular weight excluding hydrogens is 277 g/mol. The second kappa shape index (κ2) is 7.72. The van der Waals surface area contributed by atoms with E-state index in [0.29, 0.717) is 0 Å². The van der Waals surface area contributed by atoms with Crippen LogP contribution in [0.1, 0.15) is 32.8 Å². The smallest absolute Gasteiger partial charge is 0.175 e. The van der Waals surface area contributed by atoms with Crippen molar-refractivity contribution in [2.75, 3.05) is 7.11 Å². The predicted molar refractivity (Wildman–Crippen MR) is 79.8 cm³/mol. The summed E-state index contributed by atoms with van der Waals surface area (Å²) in [5, 5.41) is 0. The average molecular weight is 296 g/mol. The van der Waals surface area contributed by atoms with Gasteiger partial charge in [0.1, 0.15) is 11.6 Å². The van der Waals surface area contributed by atoms with Crippen LogP contribution in [0.25, 0.3) is 5.57 Å². The van der Waals surface area contributed by atoms with Gasteiger partial charge >= 0.3 is 0 Å². The lowest BCUT2D eigenvalue weighted by atomic mass is 10.0. The lowest BCUT2D eigenvalue weighted by Gasteiger charge is -2.09. The summed E-state index contributed by atoms with van der Waals surface area (Å²) >= 11 is 0. The molecule has 21 heavy (non-hydrogen) atoms. The second-order valence-electron chi connectivity index (χ2n) is 4.60. The first-order valence-electron chi connectivity index (χ1n) is 6.65. The van der Waals surface area contributed by atoms with Gasteiger partial charge in [0.05, 0.1) is 12.7 Å². The van der Waals surface area contributed by atoms with Gasteiger partial charge in [-0.1, -0.05) is 24.6 Å². The van der Waals surface area contributed by atoms with Crippen LogP contribution in [-0.4, -0.2) is 7.11 Å². The van der Waals surface area contributed by atoms with E-state index in [4.69, 9.17) is 4.74 Å². The highest BCUT2D eigenvalue weighted by Crippen LogP contribution is 2.30. The first-order chi connectivity index (χ1) is 9.92. The Morgan fingerprint density at radius 3 is 2.43 bits per heavy atom. The van der Waals surface area contributed by atoms with Crippen LogP contribution in [0, 0.1) is 11.6 Å². The van der Waals surface area contributed by atoms with Gasteiger partial charge in [0, 0.05) is 0 Å². The number of methoxy groups -OCH3 is 1. The van der Waals surface area contributed by atoms with Gasteiger partial charge < -0.3 is 4.74 Å². The molecule has 0 unspecified atom stereocenters. The number of allylic oxidation sites excluding steroid dienone is 6. The summed E-state index contributed by atoms with van der Waals surface area (Å²) in [6, 6.07) is 2.23. The molecule has 1 aromatic carbocycles.